The van der Waals surface area contributed by atoms with Gasteiger partial charge in [0.05, 0.1) is 16.2 Å². The molecule has 0 spiro atoms. The van der Waals surface area contributed by atoms with E-state index in [0.29, 0.717) is 60.3 Å². The van der Waals surface area contributed by atoms with Crippen molar-refractivity contribution in [2.75, 3.05) is 26.2 Å². The van der Waals surface area contributed by atoms with Crippen LogP contribution in [0.3, 0.4) is 0 Å². The van der Waals surface area contributed by atoms with Crippen molar-refractivity contribution in [3.63, 3.8) is 0 Å². The van der Waals surface area contributed by atoms with Crippen LogP contribution in [0, 0.1) is 13.8 Å². The normalized spacial score (nSPS) is 17.6. The van der Waals surface area contributed by atoms with Crippen molar-refractivity contribution in [1.82, 2.24) is 24.8 Å². The molecule has 230 valence electrons. The number of rotatable bonds is 5. The van der Waals surface area contributed by atoms with Gasteiger partial charge in [-0.25, -0.2) is 9.48 Å². The zero-order valence-electron chi connectivity index (χ0n) is 25.4. The van der Waals surface area contributed by atoms with Gasteiger partial charge in [-0.15, -0.1) is 5.10 Å². The lowest BCUT2D eigenvalue weighted by atomic mass is 9.85. The molecule has 0 bridgehead atoms. The van der Waals surface area contributed by atoms with Crippen molar-refractivity contribution in [1.29, 1.82) is 0 Å². The van der Waals surface area contributed by atoms with Crippen LogP contribution in [0.15, 0.2) is 42.6 Å². The summed E-state index contributed by atoms with van der Waals surface area (Å²) in [7, 11) is 0. The first-order chi connectivity index (χ1) is 20.4. The highest BCUT2D eigenvalue weighted by Crippen LogP contribution is 2.37. The molecule has 0 unspecified atom stereocenters. The Bertz CT molecular complexity index is 1490. The number of halogens is 2. The molecule has 2 saturated heterocycles. The number of amides is 2. The Morgan fingerprint density at radius 2 is 1.63 bits per heavy atom. The zero-order valence-corrected chi connectivity index (χ0v) is 26.9. The molecule has 0 atom stereocenters. The van der Waals surface area contributed by atoms with E-state index in [1.807, 2.05) is 43.9 Å². The Balaban J connectivity index is 1.37. The second kappa shape index (κ2) is 12.4. The fourth-order valence-corrected chi connectivity index (χ4v) is 6.12. The summed E-state index contributed by atoms with van der Waals surface area (Å²) in [5.41, 5.74) is 1.86. The van der Waals surface area contributed by atoms with Crippen LogP contribution >= 0.6 is 23.2 Å². The van der Waals surface area contributed by atoms with E-state index in [0.717, 1.165) is 24.2 Å². The van der Waals surface area contributed by atoms with Crippen molar-refractivity contribution in [2.45, 2.75) is 77.5 Å². The Morgan fingerprint density at radius 3 is 2.30 bits per heavy atom. The van der Waals surface area contributed by atoms with Gasteiger partial charge in [-0.1, -0.05) is 52.7 Å². The molecule has 2 aliphatic rings. The number of aromatic nitrogens is 3. The largest absolute Gasteiger partial charge is 0.490 e. The van der Waals surface area contributed by atoms with E-state index >= 15 is 0 Å². The van der Waals surface area contributed by atoms with Gasteiger partial charge in [0.25, 0.3) is 5.91 Å². The molecule has 2 aromatic carbocycles. The second-order valence-electron chi connectivity index (χ2n) is 12.5. The number of benzene rings is 2. The van der Waals surface area contributed by atoms with Gasteiger partial charge in [0.1, 0.15) is 28.7 Å². The van der Waals surface area contributed by atoms with Gasteiger partial charge < -0.3 is 19.3 Å². The highest BCUT2D eigenvalue weighted by molar-refractivity contribution is 6.43. The fraction of sp³-hybridized carbons (Fsp3) is 0.500. The average Bonchev–Trinajstić information content (AvgIpc) is 3.47. The minimum Gasteiger partial charge on any atom is -0.490 e. The molecule has 11 heteroatoms. The third-order valence-electron chi connectivity index (χ3n) is 8.38. The number of ether oxygens (including phenoxy) is 2. The molecule has 0 N–H and O–H groups in total. The van der Waals surface area contributed by atoms with Gasteiger partial charge in [0.2, 0.25) is 0 Å². The zero-order chi connectivity index (χ0) is 30.9. The molecule has 3 heterocycles. The molecule has 0 radical (unpaired) electrons. The van der Waals surface area contributed by atoms with E-state index in [9.17, 15) is 9.59 Å². The predicted octanol–water partition coefficient (Wildman–Crippen LogP) is 6.66. The number of hydrogen-bond donors (Lipinski definition) is 0. The van der Waals surface area contributed by atoms with E-state index in [2.05, 4.69) is 30.2 Å². The Hall–Kier alpha value is -3.30. The van der Waals surface area contributed by atoms with Crippen molar-refractivity contribution >= 4 is 35.2 Å². The first-order valence-corrected chi connectivity index (χ1v) is 15.5. The van der Waals surface area contributed by atoms with Gasteiger partial charge in [-0.2, -0.15) is 0 Å². The van der Waals surface area contributed by atoms with E-state index < -0.39 is 11.1 Å². The van der Waals surface area contributed by atoms with Crippen molar-refractivity contribution in [3.05, 3.63) is 63.8 Å². The van der Waals surface area contributed by atoms with E-state index in [1.165, 1.54) is 5.56 Å². The molecule has 1 aromatic heterocycles. The summed E-state index contributed by atoms with van der Waals surface area (Å²) in [4.78, 5) is 30.8. The van der Waals surface area contributed by atoms with Crippen LogP contribution < -0.4 is 4.74 Å². The summed E-state index contributed by atoms with van der Waals surface area (Å²) in [6, 6.07) is 11.4. The molecule has 5 rings (SSSR count). The van der Waals surface area contributed by atoms with Crippen molar-refractivity contribution in [3.8, 4) is 17.0 Å². The third-order valence-corrected chi connectivity index (χ3v) is 9.20. The van der Waals surface area contributed by atoms with Gasteiger partial charge in [-0.3, -0.25) is 4.79 Å². The minimum atomic E-state index is -1.02. The van der Waals surface area contributed by atoms with E-state index in [1.54, 1.807) is 27.9 Å². The summed E-state index contributed by atoms with van der Waals surface area (Å²) in [5.74, 6) is 0.862. The van der Waals surface area contributed by atoms with Crippen LogP contribution in [0.2, 0.25) is 10.0 Å². The number of carbonyl (C=O) groups excluding carboxylic acids is 2. The second-order valence-corrected chi connectivity index (χ2v) is 13.2. The summed E-state index contributed by atoms with van der Waals surface area (Å²) in [6.45, 7) is 11.5. The molecule has 0 saturated carbocycles. The number of likely N-dealkylation sites (tertiary alicyclic amines) is 2. The third kappa shape index (κ3) is 6.63. The van der Waals surface area contributed by atoms with Crippen molar-refractivity contribution in [2.24, 2.45) is 0 Å². The quantitative estimate of drug-likeness (QED) is 0.314. The lowest BCUT2D eigenvalue weighted by Gasteiger charge is -2.44. The summed E-state index contributed by atoms with van der Waals surface area (Å²) in [5, 5.41) is 9.63. The lowest BCUT2D eigenvalue weighted by Crippen LogP contribution is -2.58. The molecule has 3 aromatic rings. The first kappa shape index (κ1) is 31.1. The predicted molar refractivity (Wildman–Crippen MR) is 167 cm³/mol. The van der Waals surface area contributed by atoms with Gasteiger partial charge in [-0.05, 0) is 70.7 Å². The Labute approximate surface area is 263 Å². The summed E-state index contributed by atoms with van der Waals surface area (Å²) < 4.78 is 13.6. The van der Waals surface area contributed by atoms with Crippen LogP contribution in [0.1, 0.15) is 57.6 Å². The van der Waals surface area contributed by atoms with Crippen LogP contribution in [0.25, 0.3) is 11.3 Å². The van der Waals surface area contributed by atoms with Gasteiger partial charge in [0.15, 0.2) is 0 Å². The van der Waals surface area contributed by atoms with Crippen LogP contribution in [-0.2, 0) is 15.1 Å². The number of carbonyl (C=O) groups is 2. The van der Waals surface area contributed by atoms with E-state index in [4.69, 9.17) is 32.7 Å². The number of nitrogens with zero attached hydrogens (tertiary/aromatic N) is 5. The topological polar surface area (TPSA) is 89.8 Å². The van der Waals surface area contributed by atoms with Crippen molar-refractivity contribution < 1.29 is 19.1 Å². The summed E-state index contributed by atoms with van der Waals surface area (Å²) >= 11 is 12.7. The Kier molecular flexibility index (Phi) is 8.95. The number of piperidine rings is 2. The fourth-order valence-electron chi connectivity index (χ4n) is 5.73. The molecular weight excluding hydrogens is 589 g/mol. The molecule has 2 amide bonds. The molecule has 2 fully saturated rings. The van der Waals surface area contributed by atoms with Crippen LogP contribution in [0.5, 0.6) is 5.75 Å². The number of aryl methyl sites for hydroxylation is 1. The highest BCUT2D eigenvalue weighted by atomic mass is 35.5. The number of hydrogen-bond acceptors (Lipinski definition) is 6. The monoisotopic (exact) mass is 627 g/mol. The van der Waals surface area contributed by atoms with Gasteiger partial charge in [0, 0.05) is 44.6 Å². The summed E-state index contributed by atoms with van der Waals surface area (Å²) in [6.07, 6.45) is 3.58. The first-order valence-electron chi connectivity index (χ1n) is 14.8. The SMILES string of the molecule is Cc1cccc(OC2CCN(C(=O)C3(n4cc(-c5cccc(Cl)c5Cl)nn4)CCN(C(=O)OC(C)(C)C)CC3)CC2)c1C. The van der Waals surface area contributed by atoms with Crippen LogP contribution in [-0.4, -0.2) is 74.7 Å². The molecule has 43 heavy (non-hydrogen) atoms. The smallest absolute Gasteiger partial charge is 0.410 e. The maximum Gasteiger partial charge on any atom is 0.410 e. The highest BCUT2D eigenvalue weighted by Gasteiger charge is 2.48. The maximum atomic E-state index is 14.4. The van der Waals surface area contributed by atoms with Crippen LogP contribution in [0.4, 0.5) is 4.79 Å². The molecule has 2 aliphatic heterocycles. The maximum absolute atomic E-state index is 14.4. The van der Waals surface area contributed by atoms with Gasteiger partial charge >= 0.3 is 6.09 Å². The molecule has 0 aliphatic carbocycles. The molecule has 9 nitrogen and oxygen atoms in total. The standard InChI is InChI=1S/C32H39Cl2N5O4/c1-21-8-6-11-27(22(21)2)42-23-12-16-37(17-13-23)29(40)32(14-18-38(19-15-32)30(41)43-31(3,4)5)39-20-26(35-36-39)24-9-7-10-25(33)28(24)34/h6-11,20,23H,12-19H2,1-5H3. The Morgan fingerprint density at radius 1 is 0.953 bits per heavy atom. The lowest BCUT2D eigenvalue weighted by molar-refractivity contribution is -0.146. The minimum absolute atomic E-state index is 0.0254. The van der Waals surface area contributed by atoms with E-state index in [-0.39, 0.29) is 18.1 Å². The average molecular weight is 629 g/mol. The molecular formula is C32H39Cl2N5O4.